The third-order valence-electron chi connectivity index (χ3n) is 2.87. The summed E-state index contributed by atoms with van der Waals surface area (Å²) in [5.74, 6) is -1.40. The lowest BCUT2D eigenvalue weighted by Crippen LogP contribution is -2.40. The Kier molecular flexibility index (Phi) is 4.40. The molecule has 0 amide bonds. The van der Waals surface area contributed by atoms with E-state index in [0.29, 0.717) is 5.57 Å². The van der Waals surface area contributed by atoms with Crippen LogP contribution in [0.1, 0.15) is 26.7 Å². The summed E-state index contributed by atoms with van der Waals surface area (Å²) in [6.07, 6.45) is 4.61. The fourth-order valence-electron chi connectivity index (χ4n) is 1.91. The average molecular weight is 245 g/mol. The van der Waals surface area contributed by atoms with Gasteiger partial charge in [0, 0.05) is 18.8 Å². The van der Waals surface area contributed by atoms with Gasteiger partial charge in [0.1, 0.15) is 0 Å². The summed E-state index contributed by atoms with van der Waals surface area (Å²) in [5, 5.41) is 10.5. The van der Waals surface area contributed by atoms with E-state index < -0.39 is 18.2 Å². The van der Waals surface area contributed by atoms with Crippen molar-refractivity contribution >= 4 is 5.97 Å². The van der Waals surface area contributed by atoms with Gasteiger partial charge in [-0.1, -0.05) is 37.6 Å². The van der Waals surface area contributed by atoms with Crippen molar-refractivity contribution in [1.29, 1.82) is 0 Å². The Labute approximate surface area is 98.8 Å². The fourth-order valence-corrected chi connectivity index (χ4v) is 1.91. The highest BCUT2D eigenvalue weighted by Gasteiger charge is 2.37. The second kappa shape index (κ2) is 5.40. The Balaban J connectivity index is 2.86. The first-order chi connectivity index (χ1) is 7.85. The van der Waals surface area contributed by atoms with Crippen LogP contribution in [0.15, 0.2) is 23.8 Å². The highest BCUT2D eigenvalue weighted by Crippen LogP contribution is 2.36. The highest BCUT2D eigenvalue weighted by atomic mass is 19.3. The molecule has 1 rings (SSSR count). The van der Waals surface area contributed by atoms with E-state index in [1.165, 1.54) is 0 Å². The van der Waals surface area contributed by atoms with Crippen LogP contribution in [-0.2, 0) is 9.53 Å². The lowest BCUT2D eigenvalue weighted by Gasteiger charge is -2.37. The zero-order chi connectivity index (χ0) is 13.1. The standard InChI is InChI=1S/C12H16F2O3/c1-8(2)12(17-11(13)14)5-3-4-9(7-12)6-10(15)16/h3-5,8,11H,6-7H2,1-2H3,(H,15,16)/p-1. The van der Waals surface area contributed by atoms with E-state index in [1.54, 1.807) is 32.1 Å². The molecule has 0 heterocycles. The molecule has 3 nitrogen and oxygen atoms in total. The Morgan fingerprint density at radius 1 is 1.59 bits per heavy atom. The van der Waals surface area contributed by atoms with Gasteiger partial charge in [-0.15, -0.1) is 0 Å². The topological polar surface area (TPSA) is 49.4 Å². The molecule has 17 heavy (non-hydrogen) atoms. The van der Waals surface area contributed by atoms with Gasteiger partial charge in [0.2, 0.25) is 0 Å². The molecular formula is C12H15F2O3-. The van der Waals surface area contributed by atoms with Crippen LogP contribution in [0.4, 0.5) is 8.78 Å². The number of hydrogen-bond donors (Lipinski definition) is 0. The second-order valence-corrected chi connectivity index (χ2v) is 4.40. The predicted octanol–water partition coefficient (Wildman–Crippen LogP) is 1.65. The van der Waals surface area contributed by atoms with E-state index in [1.807, 2.05) is 0 Å². The zero-order valence-electron chi connectivity index (χ0n) is 9.78. The molecule has 0 aromatic heterocycles. The molecule has 0 aliphatic heterocycles. The molecule has 0 saturated heterocycles. The van der Waals surface area contributed by atoms with Crippen LogP contribution in [-0.4, -0.2) is 18.2 Å². The summed E-state index contributed by atoms with van der Waals surface area (Å²) in [6.45, 7) is 0.632. The van der Waals surface area contributed by atoms with Gasteiger partial charge in [0.25, 0.3) is 0 Å². The number of alkyl halides is 2. The van der Waals surface area contributed by atoms with Crippen LogP contribution in [0.3, 0.4) is 0 Å². The van der Waals surface area contributed by atoms with Crippen LogP contribution < -0.4 is 5.11 Å². The number of rotatable bonds is 5. The third-order valence-corrected chi connectivity index (χ3v) is 2.87. The number of carbonyl (C=O) groups is 1. The summed E-state index contributed by atoms with van der Waals surface area (Å²) < 4.78 is 29.5. The molecule has 1 aliphatic carbocycles. The van der Waals surface area contributed by atoms with Crippen LogP contribution in [0, 0.1) is 5.92 Å². The first kappa shape index (κ1) is 13.8. The van der Waals surface area contributed by atoms with Crippen molar-refractivity contribution in [2.45, 2.75) is 38.9 Å². The first-order valence-electron chi connectivity index (χ1n) is 5.39. The quantitative estimate of drug-likeness (QED) is 0.740. The lowest BCUT2D eigenvalue weighted by atomic mass is 9.80. The Morgan fingerprint density at radius 3 is 2.71 bits per heavy atom. The number of carbonyl (C=O) groups excluding carboxylic acids is 1. The maximum absolute atomic E-state index is 12.4. The fraction of sp³-hybridized carbons (Fsp3) is 0.583. The maximum atomic E-state index is 12.4. The number of allylic oxidation sites excluding steroid dienone is 2. The molecular weight excluding hydrogens is 230 g/mol. The van der Waals surface area contributed by atoms with Gasteiger partial charge in [-0.25, -0.2) is 0 Å². The van der Waals surface area contributed by atoms with Gasteiger partial charge in [0.05, 0.1) is 5.60 Å². The molecule has 0 aromatic rings. The van der Waals surface area contributed by atoms with E-state index in [-0.39, 0.29) is 18.8 Å². The Bertz CT molecular complexity index is 348. The number of halogens is 2. The van der Waals surface area contributed by atoms with Crippen molar-refractivity contribution in [2.75, 3.05) is 0 Å². The largest absolute Gasteiger partial charge is 0.550 e. The van der Waals surface area contributed by atoms with E-state index in [4.69, 9.17) is 0 Å². The molecule has 0 saturated carbocycles. The number of carboxylic acid groups (broad SMARTS) is 1. The molecule has 1 unspecified atom stereocenters. The molecule has 1 atom stereocenters. The minimum absolute atomic E-state index is 0.152. The van der Waals surface area contributed by atoms with E-state index in [0.717, 1.165) is 0 Å². The molecule has 0 bridgehead atoms. The molecule has 5 heteroatoms. The number of carboxylic acids is 1. The van der Waals surface area contributed by atoms with Crippen LogP contribution in [0.2, 0.25) is 0 Å². The van der Waals surface area contributed by atoms with Gasteiger partial charge >= 0.3 is 6.61 Å². The van der Waals surface area contributed by atoms with Crippen molar-refractivity contribution in [1.82, 2.24) is 0 Å². The van der Waals surface area contributed by atoms with Crippen LogP contribution in [0.25, 0.3) is 0 Å². The Hall–Kier alpha value is -1.23. The summed E-state index contributed by atoms with van der Waals surface area (Å²) in [7, 11) is 0. The van der Waals surface area contributed by atoms with Crippen LogP contribution in [0.5, 0.6) is 0 Å². The summed E-state index contributed by atoms with van der Waals surface area (Å²) in [4.78, 5) is 10.5. The van der Waals surface area contributed by atoms with Gasteiger partial charge in [0.15, 0.2) is 0 Å². The van der Waals surface area contributed by atoms with E-state index >= 15 is 0 Å². The second-order valence-electron chi connectivity index (χ2n) is 4.40. The molecule has 0 spiro atoms. The predicted molar refractivity (Wildman–Crippen MR) is 56.1 cm³/mol. The van der Waals surface area contributed by atoms with Gasteiger partial charge in [-0.05, 0) is 5.92 Å². The van der Waals surface area contributed by atoms with Crippen molar-refractivity contribution in [2.24, 2.45) is 5.92 Å². The molecule has 1 aliphatic rings. The van der Waals surface area contributed by atoms with Crippen molar-refractivity contribution in [3.8, 4) is 0 Å². The average Bonchev–Trinajstić information content (AvgIpc) is 2.15. The van der Waals surface area contributed by atoms with E-state index in [9.17, 15) is 18.7 Å². The number of ether oxygens (including phenoxy) is 1. The van der Waals surface area contributed by atoms with Crippen molar-refractivity contribution in [3.63, 3.8) is 0 Å². The highest BCUT2D eigenvalue weighted by molar-refractivity contribution is 5.68. The first-order valence-corrected chi connectivity index (χ1v) is 5.39. The summed E-state index contributed by atoms with van der Waals surface area (Å²) >= 11 is 0. The van der Waals surface area contributed by atoms with Gasteiger partial charge in [-0.2, -0.15) is 8.78 Å². The SMILES string of the molecule is CC(C)C1(OC(F)F)C=CC=C(CC(=O)[O-])C1. The van der Waals surface area contributed by atoms with Gasteiger partial charge in [-0.3, -0.25) is 0 Å². The number of hydrogen-bond acceptors (Lipinski definition) is 3. The third kappa shape index (κ3) is 3.63. The minimum atomic E-state index is -2.88. The smallest absolute Gasteiger partial charge is 0.346 e. The Morgan fingerprint density at radius 2 is 2.24 bits per heavy atom. The van der Waals surface area contributed by atoms with Gasteiger partial charge < -0.3 is 14.6 Å². The molecule has 0 radical (unpaired) electrons. The molecule has 0 aromatic carbocycles. The van der Waals surface area contributed by atoms with E-state index in [2.05, 4.69) is 4.74 Å². The summed E-state index contributed by atoms with van der Waals surface area (Å²) in [6, 6.07) is 0. The van der Waals surface area contributed by atoms with Crippen LogP contribution >= 0.6 is 0 Å². The van der Waals surface area contributed by atoms with Crippen molar-refractivity contribution < 1.29 is 23.4 Å². The number of aliphatic carboxylic acids is 1. The summed E-state index contributed by atoms with van der Waals surface area (Å²) in [5.41, 5.74) is -0.602. The van der Waals surface area contributed by atoms with Crippen molar-refractivity contribution in [3.05, 3.63) is 23.8 Å². The lowest BCUT2D eigenvalue weighted by molar-refractivity contribution is -0.304. The monoisotopic (exact) mass is 245 g/mol. The normalized spacial score (nSPS) is 24.2. The molecule has 96 valence electrons. The molecule has 0 fully saturated rings. The maximum Gasteiger partial charge on any atom is 0.346 e. The zero-order valence-corrected chi connectivity index (χ0v) is 9.78. The minimum Gasteiger partial charge on any atom is -0.550 e. The molecule has 0 N–H and O–H groups in total.